The number of benzene rings is 1. The summed E-state index contributed by atoms with van der Waals surface area (Å²) in [5.41, 5.74) is -0.460. The predicted molar refractivity (Wildman–Crippen MR) is 109 cm³/mol. The minimum absolute atomic E-state index is 0.223. The van der Waals surface area contributed by atoms with Gasteiger partial charge in [0.25, 0.3) is 0 Å². The first-order valence-electron chi connectivity index (χ1n) is 9.86. The fourth-order valence-corrected chi connectivity index (χ4v) is 3.99. The zero-order chi connectivity index (χ0) is 20.9. The smallest absolute Gasteiger partial charge is 0.410 e. The molecular weight excluding hydrogens is 378 g/mol. The van der Waals surface area contributed by atoms with Crippen molar-refractivity contribution < 1.29 is 22.7 Å². The predicted octanol–water partition coefficient (Wildman–Crippen LogP) is 4.14. The molecule has 0 bridgehead atoms. The molecule has 1 amide bonds. The Labute approximate surface area is 169 Å². The van der Waals surface area contributed by atoms with Crippen LogP contribution in [0.15, 0.2) is 29.2 Å². The van der Waals surface area contributed by atoms with E-state index in [0.717, 1.165) is 32.4 Å². The molecule has 1 unspecified atom stereocenters. The summed E-state index contributed by atoms with van der Waals surface area (Å²) in [7, 11) is -3.18. The van der Waals surface area contributed by atoms with Gasteiger partial charge in [0.2, 0.25) is 0 Å². The van der Waals surface area contributed by atoms with Crippen molar-refractivity contribution in [2.75, 3.05) is 26.0 Å². The fourth-order valence-electron chi connectivity index (χ4n) is 3.36. The number of rotatable bonds is 6. The maximum Gasteiger partial charge on any atom is 0.410 e. The van der Waals surface area contributed by atoms with Crippen LogP contribution in [0.3, 0.4) is 0 Å². The number of nitrogens with zero attached hydrogens (tertiary/aromatic N) is 1. The van der Waals surface area contributed by atoms with Gasteiger partial charge >= 0.3 is 6.09 Å². The molecule has 1 saturated heterocycles. The van der Waals surface area contributed by atoms with Crippen LogP contribution in [0.1, 0.15) is 47.0 Å². The van der Waals surface area contributed by atoms with E-state index < -0.39 is 15.4 Å². The number of hydrogen-bond acceptors (Lipinski definition) is 5. The third-order valence-corrected chi connectivity index (χ3v) is 6.22. The Morgan fingerprint density at radius 3 is 2.25 bits per heavy atom. The summed E-state index contributed by atoms with van der Waals surface area (Å²) in [4.78, 5) is 14.2. The van der Waals surface area contributed by atoms with Crippen LogP contribution < -0.4 is 4.74 Å². The van der Waals surface area contributed by atoms with Crippen molar-refractivity contribution in [2.45, 2.75) is 57.5 Å². The minimum atomic E-state index is -3.18. The Morgan fingerprint density at radius 1 is 1.18 bits per heavy atom. The summed E-state index contributed by atoms with van der Waals surface area (Å²) >= 11 is 0. The van der Waals surface area contributed by atoms with Gasteiger partial charge in [0, 0.05) is 19.3 Å². The largest absolute Gasteiger partial charge is 0.494 e. The van der Waals surface area contributed by atoms with Crippen molar-refractivity contribution in [3.05, 3.63) is 24.3 Å². The highest BCUT2D eigenvalue weighted by molar-refractivity contribution is 7.90. The lowest BCUT2D eigenvalue weighted by Crippen LogP contribution is -2.42. The van der Waals surface area contributed by atoms with Crippen LogP contribution in [0.4, 0.5) is 4.79 Å². The normalized spacial score (nSPS) is 17.2. The summed E-state index contributed by atoms with van der Waals surface area (Å²) in [6, 6.07) is 6.53. The molecule has 1 atom stereocenters. The first-order chi connectivity index (χ1) is 13.0. The van der Waals surface area contributed by atoms with E-state index in [9.17, 15) is 13.2 Å². The van der Waals surface area contributed by atoms with Gasteiger partial charge in [-0.25, -0.2) is 13.2 Å². The quantitative estimate of drug-likeness (QED) is 0.703. The zero-order valence-corrected chi connectivity index (χ0v) is 18.4. The highest BCUT2D eigenvalue weighted by atomic mass is 32.2. The van der Waals surface area contributed by atoms with Gasteiger partial charge in [-0.05, 0) is 76.1 Å². The van der Waals surface area contributed by atoms with E-state index in [0.29, 0.717) is 29.1 Å². The van der Waals surface area contributed by atoms with Gasteiger partial charge in [-0.2, -0.15) is 0 Å². The third-order valence-electron chi connectivity index (χ3n) is 5.09. The van der Waals surface area contributed by atoms with Crippen LogP contribution in [-0.4, -0.2) is 51.0 Å². The number of sulfone groups is 1. The van der Waals surface area contributed by atoms with Crippen LogP contribution in [-0.2, 0) is 14.6 Å². The van der Waals surface area contributed by atoms with Crippen molar-refractivity contribution >= 4 is 15.9 Å². The number of piperidine rings is 1. The molecule has 1 aliphatic rings. The summed E-state index contributed by atoms with van der Waals surface area (Å²) in [5.74, 6) is 1.74. The lowest BCUT2D eigenvalue weighted by molar-refractivity contribution is 0.0158. The SMILES string of the molecule is CC(CCOc1ccc(S(C)(=O)=O)cc1)C1CCN(C(=O)OC(C)(C)C)CC1. The first-order valence-corrected chi connectivity index (χ1v) is 11.8. The van der Waals surface area contributed by atoms with Crippen LogP contribution in [0, 0.1) is 11.8 Å². The highest BCUT2D eigenvalue weighted by Gasteiger charge is 2.29. The Kier molecular flexibility index (Phi) is 7.37. The van der Waals surface area contributed by atoms with E-state index in [1.807, 2.05) is 20.8 Å². The lowest BCUT2D eigenvalue weighted by Gasteiger charge is -2.35. The van der Waals surface area contributed by atoms with Crippen LogP contribution in [0.2, 0.25) is 0 Å². The average molecular weight is 412 g/mol. The number of carbonyl (C=O) groups is 1. The van der Waals surface area contributed by atoms with Crippen molar-refractivity contribution in [1.29, 1.82) is 0 Å². The standard InChI is InChI=1S/C21H33NO5S/c1-16(12-15-26-18-6-8-19(9-7-18)28(5,24)25)17-10-13-22(14-11-17)20(23)27-21(2,3)4/h6-9,16-17H,10-15H2,1-5H3. The fraction of sp³-hybridized carbons (Fsp3) is 0.667. The summed E-state index contributed by atoms with van der Waals surface area (Å²) in [6.07, 6.45) is 3.84. The third kappa shape index (κ3) is 7.00. The van der Waals surface area contributed by atoms with Crippen LogP contribution in [0.25, 0.3) is 0 Å². The van der Waals surface area contributed by atoms with E-state index in [1.165, 1.54) is 6.26 Å². The second-order valence-corrected chi connectivity index (χ2v) is 10.7. The number of ether oxygens (including phenoxy) is 2. The molecule has 1 aromatic rings. The maximum absolute atomic E-state index is 12.2. The van der Waals surface area contributed by atoms with Crippen molar-refractivity contribution in [3.63, 3.8) is 0 Å². The van der Waals surface area contributed by atoms with Gasteiger partial charge in [-0.15, -0.1) is 0 Å². The van der Waals surface area contributed by atoms with Crippen molar-refractivity contribution in [3.8, 4) is 5.75 Å². The molecule has 0 saturated carbocycles. The molecule has 0 N–H and O–H groups in total. The Bertz CT molecular complexity index is 744. The maximum atomic E-state index is 12.2. The van der Waals surface area contributed by atoms with Gasteiger partial charge in [-0.3, -0.25) is 0 Å². The summed E-state index contributed by atoms with van der Waals surface area (Å²) in [6.45, 7) is 9.93. The minimum Gasteiger partial charge on any atom is -0.494 e. The second kappa shape index (κ2) is 9.16. The van der Waals surface area contributed by atoms with Gasteiger partial charge in [-0.1, -0.05) is 6.92 Å². The van der Waals surface area contributed by atoms with Crippen LogP contribution >= 0.6 is 0 Å². The van der Waals surface area contributed by atoms with E-state index in [2.05, 4.69) is 6.92 Å². The second-order valence-electron chi connectivity index (χ2n) is 8.66. The molecule has 2 rings (SSSR count). The molecule has 158 valence electrons. The number of likely N-dealkylation sites (tertiary alicyclic amines) is 1. The van der Waals surface area contributed by atoms with E-state index in [4.69, 9.17) is 9.47 Å². The molecule has 0 aromatic heterocycles. The number of carbonyl (C=O) groups excluding carboxylic acids is 1. The molecule has 0 radical (unpaired) electrons. The average Bonchev–Trinajstić information content (AvgIpc) is 2.60. The molecule has 1 fully saturated rings. The molecule has 6 nitrogen and oxygen atoms in total. The Morgan fingerprint density at radius 2 is 1.75 bits per heavy atom. The van der Waals surface area contributed by atoms with E-state index >= 15 is 0 Å². The van der Waals surface area contributed by atoms with Gasteiger partial charge in [0.1, 0.15) is 11.4 Å². The molecule has 7 heteroatoms. The Hall–Kier alpha value is -1.76. The molecule has 0 spiro atoms. The molecule has 1 aliphatic heterocycles. The number of amides is 1. The molecule has 1 aromatic carbocycles. The highest BCUT2D eigenvalue weighted by Crippen LogP contribution is 2.28. The molecule has 0 aliphatic carbocycles. The first kappa shape index (κ1) is 22.5. The molecule has 1 heterocycles. The van der Waals surface area contributed by atoms with Crippen molar-refractivity contribution in [1.82, 2.24) is 4.90 Å². The van der Waals surface area contributed by atoms with E-state index in [-0.39, 0.29) is 6.09 Å². The van der Waals surface area contributed by atoms with Gasteiger partial charge in [0.15, 0.2) is 9.84 Å². The zero-order valence-electron chi connectivity index (χ0n) is 17.6. The Balaban J connectivity index is 1.73. The van der Waals surface area contributed by atoms with Gasteiger partial charge in [0.05, 0.1) is 11.5 Å². The van der Waals surface area contributed by atoms with Crippen LogP contribution in [0.5, 0.6) is 5.75 Å². The lowest BCUT2D eigenvalue weighted by atomic mass is 9.84. The topological polar surface area (TPSA) is 72.9 Å². The van der Waals surface area contributed by atoms with Crippen molar-refractivity contribution in [2.24, 2.45) is 11.8 Å². The molecular formula is C21H33NO5S. The van der Waals surface area contributed by atoms with Gasteiger partial charge < -0.3 is 14.4 Å². The number of hydrogen-bond donors (Lipinski definition) is 0. The summed E-state index contributed by atoms with van der Waals surface area (Å²) in [5, 5.41) is 0. The van der Waals surface area contributed by atoms with E-state index in [1.54, 1.807) is 29.2 Å². The summed E-state index contributed by atoms with van der Waals surface area (Å²) < 4.78 is 34.2. The molecule has 28 heavy (non-hydrogen) atoms. The monoisotopic (exact) mass is 411 g/mol.